The van der Waals surface area contributed by atoms with Crippen LogP contribution < -0.4 is 4.74 Å². The first-order chi connectivity index (χ1) is 14.0. The zero-order valence-corrected chi connectivity index (χ0v) is 16.5. The second kappa shape index (κ2) is 9.13. The van der Waals surface area contributed by atoms with Gasteiger partial charge in [-0.15, -0.1) is 6.42 Å². The lowest BCUT2D eigenvalue weighted by Crippen LogP contribution is -2.28. The van der Waals surface area contributed by atoms with Crippen molar-refractivity contribution in [2.75, 3.05) is 13.2 Å². The maximum absolute atomic E-state index is 12.7. The van der Waals surface area contributed by atoms with Crippen LogP contribution in [0.2, 0.25) is 0 Å². The summed E-state index contributed by atoms with van der Waals surface area (Å²) in [7, 11) is 0. The van der Waals surface area contributed by atoms with Crippen molar-refractivity contribution in [1.29, 1.82) is 0 Å². The normalized spacial score (nSPS) is 16.3. The first-order valence-electron chi connectivity index (χ1n) is 8.81. The summed E-state index contributed by atoms with van der Waals surface area (Å²) in [6.45, 7) is 2.56. The van der Waals surface area contributed by atoms with Crippen molar-refractivity contribution in [3.8, 4) is 18.1 Å². The first-order valence-corrected chi connectivity index (χ1v) is 9.63. The second-order valence-electron chi connectivity index (χ2n) is 5.97. The zero-order chi connectivity index (χ0) is 20.8. The van der Waals surface area contributed by atoms with E-state index in [-0.39, 0.29) is 18.1 Å². The van der Waals surface area contributed by atoms with Gasteiger partial charge in [-0.2, -0.15) is 0 Å². The number of aromatic carboxylic acids is 1. The minimum Gasteiger partial charge on any atom is -0.481 e. The smallest absolute Gasteiger partial charge is 0.335 e. The number of carboxylic acid groups (broad SMARTS) is 1. The van der Waals surface area contributed by atoms with Crippen LogP contribution in [0, 0.1) is 12.3 Å². The van der Waals surface area contributed by atoms with Crippen LogP contribution in [0.5, 0.6) is 5.75 Å². The number of benzene rings is 2. The van der Waals surface area contributed by atoms with Crippen LogP contribution in [0.4, 0.5) is 5.69 Å². The van der Waals surface area contributed by atoms with Crippen molar-refractivity contribution in [3.63, 3.8) is 0 Å². The van der Waals surface area contributed by atoms with Gasteiger partial charge in [0, 0.05) is 6.54 Å². The number of thioether (sulfide) groups is 1. The van der Waals surface area contributed by atoms with E-state index in [1.54, 1.807) is 35.2 Å². The summed E-state index contributed by atoms with van der Waals surface area (Å²) in [6, 6.07) is 13.5. The monoisotopic (exact) mass is 406 g/mol. The Morgan fingerprint density at radius 3 is 2.52 bits per heavy atom. The summed E-state index contributed by atoms with van der Waals surface area (Å²) in [4.78, 5) is 30.4. The van der Waals surface area contributed by atoms with Crippen molar-refractivity contribution in [2.45, 2.75) is 6.92 Å². The van der Waals surface area contributed by atoms with E-state index in [2.05, 4.69) is 10.9 Å². The van der Waals surface area contributed by atoms with Gasteiger partial charge in [0.15, 0.2) is 5.17 Å². The highest BCUT2D eigenvalue weighted by molar-refractivity contribution is 8.18. The summed E-state index contributed by atoms with van der Waals surface area (Å²) < 4.78 is 5.35. The van der Waals surface area contributed by atoms with E-state index in [1.165, 1.54) is 23.9 Å². The number of amidine groups is 1. The third-order valence-electron chi connectivity index (χ3n) is 4.04. The van der Waals surface area contributed by atoms with Gasteiger partial charge in [-0.3, -0.25) is 9.69 Å². The Morgan fingerprint density at radius 1 is 1.24 bits per heavy atom. The van der Waals surface area contributed by atoms with E-state index < -0.39 is 5.97 Å². The largest absolute Gasteiger partial charge is 0.481 e. The minimum absolute atomic E-state index is 0.119. The van der Waals surface area contributed by atoms with Crippen LogP contribution in [-0.4, -0.2) is 40.2 Å². The quantitative estimate of drug-likeness (QED) is 0.579. The van der Waals surface area contributed by atoms with Crippen molar-refractivity contribution < 1.29 is 19.4 Å². The fourth-order valence-corrected chi connectivity index (χ4v) is 3.66. The van der Waals surface area contributed by atoms with Crippen molar-refractivity contribution >= 4 is 40.6 Å². The standard InChI is InChI=1S/C22H18N2O4S/c1-3-13-28-18-11-5-15(6-12-18)14-19-20(25)24(4-2)22(29-19)23-17-9-7-16(8-10-17)21(26)27/h1,5-12,14H,4,13H2,2H3,(H,26,27). The number of likely N-dealkylation sites (N-methyl/N-ethyl adjacent to an activating group) is 1. The number of carbonyl (C=O) groups excluding carboxylic acids is 1. The molecule has 1 aliphatic heterocycles. The molecular formula is C22H18N2O4S. The van der Waals surface area contributed by atoms with E-state index in [4.69, 9.17) is 16.3 Å². The molecule has 1 fully saturated rings. The number of nitrogens with zero attached hydrogens (tertiary/aromatic N) is 2. The molecule has 0 unspecified atom stereocenters. The van der Waals surface area contributed by atoms with Gasteiger partial charge in [-0.25, -0.2) is 9.79 Å². The highest BCUT2D eigenvalue weighted by Crippen LogP contribution is 2.34. The van der Waals surface area contributed by atoms with Crippen LogP contribution >= 0.6 is 11.8 Å². The predicted octanol–water partition coefficient (Wildman–Crippen LogP) is 4.02. The molecule has 2 aromatic carbocycles. The van der Waals surface area contributed by atoms with Gasteiger partial charge in [-0.1, -0.05) is 18.1 Å². The molecule has 0 aromatic heterocycles. The molecule has 1 aliphatic rings. The molecule has 6 nitrogen and oxygen atoms in total. The molecule has 2 aromatic rings. The number of carbonyl (C=O) groups is 2. The van der Waals surface area contributed by atoms with E-state index >= 15 is 0 Å². The Hall–Kier alpha value is -3.50. The Morgan fingerprint density at radius 2 is 1.93 bits per heavy atom. The molecule has 7 heteroatoms. The fraction of sp³-hybridized carbons (Fsp3) is 0.136. The molecule has 1 amide bonds. The van der Waals surface area contributed by atoms with Crippen LogP contribution in [0.3, 0.4) is 0 Å². The number of amides is 1. The van der Waals surface area contributed by atoms with E-state index in [0.717, 1.165) is 5.56 Å². The summed E-state index contributed by atoms with van der Waals surface area (Å²) in [5, 5.41) is 9.55. The molecule has 0 aliphatic carbocycles. The van der Waals surface area contributed by atoms with E-state index in [0.29, 0.717) is 28.1 Å². The van der Waals surface area contributed by atoms with E-state index in [9.17, 15) is 9.59 Å². The average molecular weight is 406 g/mol. The highest BCUT2D eigenvalue weighted by Gasteiger charge is 2.32. The van der Waals surface area contributed by atoms with Crippen LogP contribution in [0.1, 0.15) is 22.8 Å². The Labute approximate surface area is 172 Å². The van der Waals surface area contributed by atoms with Gasteiger partial charge in [0.25, 0.3) is 5.91 Å². The Bertz CT molecular complexity index is 1020. The van der Waals surface area contributed by atoms with Gasteiger partial charge in [0.2, 0.25) is 0 Å². The molecule has 146 valence electrons. The lowest BCUT2D eigenvalue weighted by molar-refractivity contribution is -0.122. The van der Waals surface area contributed by atoms with Gasteiger partial charge in [-0.05, 0) is 66.7 Å². The van der Waals surface area contributed by atoms with Crippen molar-refractivity contribution in [1.82, 2.24) is 4.90 Å². The maximum atomic E-state index is 12.7. The number of carboxylic acids is 1. The number of hydrogen-bond acceptors (Lipinski definition) is 5. The minimum atomic E-state index is -0.995. The predicted molar refractivity (Wildman–Crippen MR) is 114 cm³/mol. The zero-order valence-electron chi connectivity index (χ0n) is 15.7. The van der Waals surface area contributed by atoms with Crippen LogP contribution in [-0.2, 0) is 4.79 Å². The first kappa shape index (κ1) is 20.2. The second-order valence-corrected chi connectivity index (χ2v) is 6.98. The average Bonchev–Trinajstić information content (AvgIpc) is 3.01. The van der Waals surface area contributed by atoms with E-state index in [1.807, 2.05) is 19.1 Å². The molecule has 0 spiro atoms. The third-order valence-corrected chi connectivity index (χ3v) is 5.05. The number of hydrogen-bond donors (Lipinski definition) is 1. The van der Waals surface area contributed by atoms with Crippen LogP contribution in [0.25, 0.3) is 6.08 Å². The van der Waals surface area contributed by atoms with Crippen LogP contribution in [0.15, 0.2) is 58.4 Å². The molecule has 3 rings (SSSR count). The number of aliphatic imine (C=N–C) groups is 1. The van der Waals surface area contributed by atoms with Gasteiger partial charge < -0.3 is 9.84 Å². The fourth-order valence-electron chi connectivity index (χ4n) is 2.60. The van der Waals surface area contributed by atoms with Crippen molar-refractivity contribution in [2.24, 2.45) is 4.99 Å². The van der Waals surface area contributed by atoms with Gasteiger partial charge in [0.05, 0.1) is 16.2 Å². The molecule has 29 heavy (non-hydrogen) atoms. The maximum Gasteiger partial charge on any atom is 0.335 e. The summed E-state index contributed by atoms with van der Waals surface area (Å²) in [5.74, 6) is 1.96. The molecule has 0 atom stereocenters. The number of ether oxygens (including phenoxy) is 1. The topological polar surface area (TPSA) is 79.2 Å². The summed E-state index contributed by atoms with van der Waals surface area (Å²) >= 11 is 1.28. The number of rotatable bonds is 6. The lowest BCUT2D eigenvalue weighted by Gasteiger charge is -2.12. The highest BCUT2D eigenvalue weighted by atomic mass is 32.2. The molecule has 0 bridgehead atoms. The van der Waals surface area contributed by atoms with Crippen molar-refractivity contribution in [3.05, 3.63) is 64.6 Å². The molecular weight excluding hydrogens is 388 g/mol. The molecule has 0 radical (unpaired) electrons. The Kier molecular flexibility index (Phi) is 6.37. The summed E-state index contributed by atoms with van der Waals surface area (Å²) in [6.07, 6.45) is 6.98. The molecule has 1 heterocycles. The van der Waals surface area contributed by atoms with Gasteiger partial charge in [0.1, 0.15) is 12.4 Å². The third kappa shape index (κ3) is 4.86. The lowest BCUT2D eigenvalue weighted by atomic mass is 10.2. The molecule has 0 saturated carbocycles. The molecule has 1 N–H and O–H groups in total. The summed E-state index contributed by atoms with van der Waals surface area (Å²) in [5.41, 5.74) is 1.63. The molecule has 1 saturated heterocycles. The number of terminal acetylenes is 1. The Balaban J connectivity index is 1.82. The SMILES string of the molecule is C#CCOc1ccc(C=C2SC(=Nc3ccc(C(=O)O)cc3)N(CC)C2=O)cc1. The van der Waals surface area contributed by atoms with Gasteiger partial charge >= 0.3 is 5.97 Å².